The summed E-state index contributed by atoms with van der Waals surface area (Å²) in [4.78, 5) is 11.8. The van der Waals surface area contributed by atoms with Gasteiger partial charge in [-0.05, 0) is 29.5 Å². The highest BCUT2D eigenvalue weighted by molar-refractivity contribution is 5.86. The van der Waals surface area contributed by atoms with Gasteiger partial charge in [0.1, 0.15) is 6.20 Å². The van der Waals surface area contributed by atoms with E-state index in [9.17, 15) is 4.79 Å². The standard InChI is InChI=1S/C16H20N2O3/c1-5-16(3,4)12-6-8-13(9-7-12)18-15(19)20-14-10-17-21-11(14)2/h6-10H,5H2,1-4H3,(H,18,19). The molecule has 5 heteroatoms. The van der Waals surface area contributed by atoms with Crippen LogP contribution in [0.5, 0.6) is 5.75 Å². The summed E-state index contributed by atoms with van der Waals surface area (Å²) in [7, 11) is 0. The number of aromatic nitrogens is 1. The molecule has 0 radical (unpaired) electrons. The van der Waals surface area contributed by atoms with Gasteiger partial charge < -0.3 is 9.26 Å². The van der Waals surface area contributed by atoms with Crippen molar-refractivity contribution in [3.8, 4) is 5.75 Å². The van der Waals surface area contributed by atoms with Crippen LogP contribution in [0, 0.1) is 6.92 Å². The van der Waals surface area contributed by atoms with E-state index in [1.54, 1.807) is 6.92 Å². The minimum absolute atomic E-state index is 0.124. The molecule has 21 heavy (non-hydrogen) atoms. The fourth-order valence-corrected chi connectivity index (χ4v) is 1.84. The molecular formula is C16H20N2O3. The average molecular weight is 288 g/mol. The molecule has 0 aliphatic heterocycles. The first-order valence-corrected chi connectivity index (χ1v) is 6.93. The van der Waals surface area contributed by atoms with Gasteiger partial charge in [0.25, 0.3) is 0 Å². The SMILES string of the molecule is CCC(C)(C)c1ccc(NC(=O)Oc2cnoc2C)cc1. The van der Waals surface area contributed by atoms with Crippen LogP contribution in [-0.2, 0) is 5.41 Å². The number of ether oxygens (including phenoxy) is 1. The Bertz CT molecular complexity index is 615. The van der Waals surface area contributed by atoms with Gasteiger partial charge in [-0.2, -0.15) is 0 Å². The summed E-state index contributed by atoms with van der Waals surface area (Å²) in [5, 5.41) is 6.22. The summed E-state index contributed by atoms with van der Waals surface area (Å²) in [6, 6.07) is 7.77. The summed E-state index contributed by atoms with van der Waals surface area (Å²) >= 11 is 0. The first-order valence-electron chi connectivity index (χ1n) is 6.93. The Kier molecular flexibility index (Phi) is 4.31. The molecule has 0 aliphatic carbocycles. The number of rotatable bonds is 4. The van der Waals surface area contributed by atoms with Crippen LogP contribution in [0.3, 0.4) is 0 Å². The second-order valence-electron chi connectivity index (χ2n) is 5.58. The van der Waals surface area contributed by atoms with Crippen molar-refractivity contribution in [2.45, 2.75) is 39.5 Å². The molecule has 2 aromatic rings. The van der Waals surface area contributed by atoms with Gasteiger partial charge in [0, 0.05) is 12.6 Å². The predicted octanol–water partition coefficient (Wildman–Crippen LogP) is 4.28. The largest absolute Gasteiger partial charge is 0.417 e. The number of hydrogen-bond acceptors (Lipinski definition) is 4. The third-order valence-electron chi connectivity index (χ3n) is 3.71. The molecule has 112 valence electrons. The Morgan fingerprint density at radius 1 is 1.33 bits per heavy atom. The maximum atomic E-state index is 11.8. The maximum absolute atomic E-state index is 11.8. The zero-order chi connectivity index (χ0) is 15.5. The molecule has 0 aliphatic rings. The quantitative estimate of drug-likeness (QED) is 0.911. The normalized spacial score (nSPS) is 11.2. The molecule has 1 heterocycles. The van der Waals surface area contributed by atoms with Crippen LogP contribution in [0.2, 0.25) is 0 Å². The van der Waals surface area contributed by atoms with Gasteiger partial charge >= 0.3 is 6.09 Å². The lowest BCUT2D eigenvalue weighted by atomic mass is 9.82. The minimum Gasteiger partial charge on any atom is -0.405 e. The van der Waals surface area contributed by atoms with Crippen LogP contribution in [-0.4, -0.2) is 11.2 Å². The first kappa shape index (κ1) is 15.1. The van der Waals surface area contributed by atoms with Gasteiger partial charge in [-0.25, -0.2) is 4.79 Å². The van der Waals surface area contributed by atoms with Crippen molar-refractivity contribution in [3.05, 3.63) is 41.8 Å². The number of aryl methyl sites for hydroxylation is 1. The van der Waals surface area contributed by atoms with Gasteiger partial charge in [-0.3, -0.25) is 5.32 Å². The number of amides is 1. The summed E-state index contributed by atoms with van der Waals surface area (Å²) in [6.45, 7) is 8.22. The third-order valence-corrected chi connectivity index (χ3v) is 3.71. The van der Waals surface area contributed by atoms with E-state index >= 15 is 0 Å². The van der Waals surface area contributed by atoms with Crippen molar-refractivity contribution in [3.63, 3.8) is 0 Å². The van der Waals surface area contributed by atoms with E-state index in [-0.39, 0.29) is 5.41 Å². The average Bonchev–Trinajstić information content (AvgIpc) is 2.85. The molecule has 1 aromatic carbocycles. The highest BCUT2D eigenvalue weighted by atomic mass is 16.6. The monoisotopic (exact) mass is 288 g/mol. The lowest BCUT2D eigenvalue weighted by Crippen LogP contribution is -2.18. The number of nitrogens with zero attached hydrogens (tertiary/aromatic N) is 1. The Hall–Kier alpha value is -2.30. The lowest BCUT2D eigenvalue weighted by Gasteiger charge is -2.23. The van der Waals surface area contributed by atoms with Crippen molar-refractivity contribution in [1.29, 1.82) is 0 Å². The fourth-order valence-electron chi connectivity index (χ4n) is 1.84. The molecule has 2 rings (SSSR count). The topological polar surface area (TPSA) is 64.4 Å². The van der Waals surface area contributed by atoms with E-state index in [0.717, 1.165) is 6.42 Å². The van der Waals surface area contributed by atoms with E-state index in [4.69, 9.17) is 9.26 Å². The highest BCUT2D eigenvalue weighted by Gasteiger charge is 2.17. The van der Waals surface area contributed by atoms with E-state index in [2.05, 4.69) is 31.2 Å². The fraction of sp³-hybridized carbons (Fsp3) is 0.375. The second kappa shape index (κ2) is 5.99. The molecule has 0 bridgehead atoms. The molecule has 5 nitrogen and oxygen atoms in total. The molecule has 0 saturated carbocycles. The van der Waals surface area contributed by atoms with Crippen molar-refractivity contribution in [2.24, 2.45) is 0 Å². The zero-order valence-electron chi connectivity index (χ0n) is 12.8. The van der Waals surface area contributed by atoms with E-state index in [1.807, 2.05) is 24.3 Å². The van der Waals surface area contributed by atoms with Crippen LogP contribution in [0.1, 0.15) is 38.5 Å². The molecule has 0 unspecified atom stereocenters. The second-order valence-corrected chi connectivity index (χ2v) is 5.58. The lowest BCUT2D eigenvalue weighted by molar-refractivity contribution is 0.214. The van der Waals surface area contributed by atoms with Gasteiger partial charge in [0.05, 0.1) is 0 Å². The maximum Gasteiger partial charge on any atom is 0.417 e. The molecule has 0 atom stereocenters. The van der Waals surface area contributed by atoms with E-state index < -0.39 is 6.09 Å². The molecule has 0 fully saturated rings. The molecule has 0 spiro atoms. The molecule has 0 saturated heterocycles. The number of anilines is 1. The summed E-state index contributed by atoms with van der Waals surface area (Å²) in [5.74, 6) is 0.779. The molecule has 1 N–H and O–H groups in total. The molecule has 1 aromatic heterocycles. The summed E-state index contributed by atoms with van der Waals surface area (Å²) in [5.41, 5.74) is 2.04. The Labute approximate surface area is 124 Å². The number of benzene rings is 1. The number of carbonyl (C=O) groups excluding carboxylic acids is 1. The smallest absolute Gasteiger partial charge is 0.405 e. The van der Waals surface area contributed by atoms with Crippen molar-refractivity contribution < 1.29 is 14.1 Å². The van der Waals surface area contributed by atoms with Crippen molar-refractivity contribution in [1.82, 2.24) is 5.16 Å². The molecule has 1 amide bonds. The minimum atomic E-state index is -0.566. The van der Waals surface area contributed by atoms with E-state index in [1.165, 1.54) is 11.8 Å². The van der Waals surface area contributed by atoms with Crippen molar-refractivity contribution >= 4 is 11.8 Å². The highest BCUT2D eigenvalue weighted by Crippen LogP contribution is 2.27. The first-order chi connectivity index (χ1) is 9.92. The zero-order valence-corrected chi connectivity index (χ0v) is 12.8. The van der Waals surface area contributed by atoms with Crippen LogP contribution in [0.25, 0.3) is 0 Å². The van der Waals surface area contributed by atoms with Gasteiger partial charge in [-0.1, -0.05) is 38.1 Å². The van der Waals surface area contributed by atoms with Crippen LogP contribution in [0.15, 0.2) is 35.0 Å². The van der Waals surface area contributed by atoms with Gasteiger partial charge in [-0.15, -0.1) is 0 Å². The summed E-state index contributed by atoms with van der Waals surface area (Å²) in [6.07, 6.45) is 1.85. The van der Waals surface area contributed by atoms with Gasteiger partial charge in [0.2, 0.25) is 0 Å². The van der Waals surface area contributed by atoms with Crippen LogP contribution < -0.4 is 10.1 Å². The number of hydrogen-bond donors (Lipinski definition) is 1. The Morgan fingerprint density at radius 2 is 2.00 bits per heavy atom. The van der Waals surface area contributed by atoms with Crippen LogP contribution >= 0.6 is 0 Å². The van der Waals surface area contributed by atoms with Gasteiger partial charge in [0.15, 0.2) is 11.5 Å². The Morgan fingerprint density at radius 3 is 2.52 bits per heavy atom. The predicted molar refractivity (Wildman–Crippen MR) is 80.6 cm³/mol. The van der Waals surface area contributed by atoms with Crippen molar-refractivity contribution in [2.75, 3.05) is 5.32 Å². The number of carbonyl (C=O) groups is 1. The van der Waals surface area contributed by atoms with Crippen LogP contribution in [0.4, 0.5) is 10.5 Å². The molecular weight excluding hydrogens is 268 g/mol. The Balaban J connectivity index is 2.00. The third kappa shape index (κ3) is 3.62. The summed E-state index contributed by atoms with van der Waals surface area (Å²) < 4.78 is 9.93. The number of nitrogens with one attached hydrogen (secondary N) is 1. The van der Waals surface area contributed by atoms with E-state index in [0.29, 0.717) is 17.2 Å².